The molecular formula is C24H23N3O4S. The largest absolute Gasteiger partial charge is 0.497 e. The summed E-state index contributed by atoms with van der Waals surface area (Å²) in [6.07, 6.45) is 0.277. The van der Waals surface area contributed by atoms with Crippen molar-refractivity contribution in [2.75, 3.05) is 19.0 Å². The van der Waals surface area contributed by atoms with E-state index in [0.29, 0.717) is 11.4 Å². The van der Waals surface area contributed by atoms with Gasteiger partial charge in [-0.3, -0.25) is 4.79 Å². The second-order valence-corrected chi connectivity index (χ2v) is 8.95. The number of hydrogen-bond acceptors (Lipinski definition) is 5. The summed E-state index contributed by atoms with van der Waals surface area (Å²) in [6, 6.07) is 24.1. The number of benzene rings is 3. The van der Waals surface area contributed by atoms with Gasteiger partial charge >= 0.3 is 0 Å². The zero-order chi connectivity index (χ0) is 23.0. The minimum atomic E-state index is -3.94. The number of methoxy groups -OCH3 is 1. The van der Waals surface area contributed by atoms with Gasteiger partial charge in [-0.1, -0.05) is 42.5 Å². The van der Waals surface area contributed by atoms with Crippen molar-refractivity contribution >= 4 is 21.6 Å². The molecule has 0 unspecified atom stereocenters. The zero-order valence-corrected chi connectivity index (χ0v) is 18.4. The van der Waals surface area contributed by atoms with E-state index in [0.717, 1.165) is 15.4 Å². The van der Waals surface area contributed by atoms with Crippen molar-refractivity contribution < 1.29 is 17.9 Å². The van der Waals surface area contributed by atoms with Crippen LogP contribution in [0.2, 0.25) is 0 Å². The Morgan fingerprint density at radius 2 is 1.62 bits per heavy atom. The fourth-order valence-electron chi connectivity index (χ4n) is 3.07. The van der Waals surface area contributed by atoms with Crippen molar-refractivity contribution in [1.82, 2.24) is 4.31 Å². The molecule has 1 N–H and O–H groups in total. The number of sulfonamides is 1. The third-order valence-corrected chi connectivity index (χ3v) is 6.55. The van der Waals surface area contributed by atoms with Crippen molar-refractivity contribution in [2.24, 2.45) is 0 Å². The van der Waals surface area contributed by atoms with Crippen LogP contribution < -0.4 is 10.1 Å². The Balaban J connectivity index is 1.81. The molecule has 0 atom stereocenters. The standard InChI is InChI=1S/C24H23N3O4S/c1-31-22-11-13-23(14-12-22)32(29,30)27(17-20-5-3-2-4-6-20)18-24(28)26-21-9-7-19(8-10-21)15-16-25/h2-14H,15,17-18H2,1H3,(H,26,28). The number of nitrogens with one attached hydrogen (secondary N) is 1. The lowest BCUT2D eigenvalue weighted by Gasteiger charge is -2.22. The lowest BCUT2D eigenvalue weighted by Crippen LogP contribution is -2.37. The smallest absolute Gasteiger partial charge is 0.243 e. The Bertz CT molecular complexity index is 1190. The normalized spacial score (nSPS) is 11.0. The fraction of sp³-hybridized carbons (Fsp3) is 0.167. The second-order valence-electron chi connectivity index (χ2n) is 7.01. The third-order valence-electron chi connectivity index (χ3n) is 4.74. The predicted molar refractivity (Wildman–Crippen MR) is 121 cm³/mol. The molecule has 0 spiro atoms. The number of nitriles is 1. The van der Waals surface area contributed by atoms with Crippen LogP contribution in [0.5, 0.6) is 5.75 Å². The molecule has 0 aliphatic heterocycles. The molecule has 0 aromatic heterocycles. The van der Waals surface area contributed by atoms with Crippen molar-refractivity contribution in [3.63, 3.8) is 0 Å². The van der Waals surface area contributed by atoms with Gasteiger partial charge in [0.2, 0.25) is 15.9 Å². The average molecular weight is 450 g/mol. The lowest BCUT2D eigenvalue weighted by atomic mass is 10.1. The van der Waals surface area contributed by atoms with Gasteiger partial charge in [-0.05, 0) is 47.5 Å². The molecule has 1 amide bonds. The van der Waals surface area contributed by atoms with E-state index in [-0.39, 0.29) is 24.4 Å². The summed E-state index contributed by atoms with van der Waals surface area (Å²) in [5.74, 6) is 0.0715. The maximum absolute atomic E-state index is 13.3. The van der Waals surface area contributed by atoms with Crippen LogP contribution in [-0.2, 0) is 27.8 Å². The molecule has 0 bridgehead atoms. The molecule has 0 fully saturated rings. The third kappa shape index (κ3) is 5.94. The van der Waals surface area contributed by atoms with Gasteiger partial charge in [0.25, 0.3) is 0 Å². The SMILES string of the molecule is COc1ccc(S(=O)(=O)N(CC(=O)Nc2ccc(CC#N)cc2)Cc2ccccc2)cc1. The highest BCUT2D eigenvalue weighted by Gasteiger charge is 2.27. The van der Waals surface area contributed by atoms with Crippen LogP contribution in [0.25, 0.3) is 0 Å². The number of amides is 1. The Labute approximate surface area is 187 Å². The van der Waals surface area contributed by atoms with E-state index < -0.39 is 15.9 Å². The van der Waals surface area contributed by atoms with Gasteiger partial charge in [0.15, 0.2) is 0 Å². The van der Waals surface area contributed by atoms with Crippen LogP contribution >= 0.6 is 0 Å². The first-order valence-electron chi connectivity index (χ1n) is 9.86. The molecule has 32 heavy (non-hydrogen) atoms. The summed E-state index contributed by atoms with van der Waals surface area (Å²) in [6.45, 7) is -0.313. The molecule has 0 radical (unpaired) electrons. The molecule has 0 aliphatic carbocycles. The van der Waals surface area contributed by atoms with Gasteiger partial charge in [-0.25, -0.2) is 8.42 Å². The van der Waals surface area contributed by atoms with E-state index >= 15 is 0 Å². The summed E-state index contributed by atoms with van der Waals surface area (Å²) in [5, 5.41) is 11.5. The van der Waals surface area contributed by atoms with Crippen LogP contribution in [0.15, 0.2) is 83.8 Å². The molecule has 3 aromatic rings. The highest BCUT2D eigenvalue weighted by Crippen LogP contribution is 2.21. The highest BCUT2D eigenvalue weighted by atomic mass is 32.2. The van der Waals surface area contributed by atoms with Crippen LogP contribution in [0.1, 0.15) is 11.1 Å². The van der Waals surface area contributed by atoms with E-state index in [1.54, 1.807) is 36.4 Å². The Hall–Kier alpha value is -3.67. The second kappa shape index (κ2) is 10.6. The summed E-state index contributed by atoms with van der Waals surface area (Å²) < 4.78 is 32.9. The molecule has 7 nitrogen and oxygen atoms in total. The number of carbonyl (C=O) groups excluding carboxylic acids is 1. The zero-order valence-electron chi connectivity index (χ0n) is 17.6. The number of ether oxygens (including phenoxy) is 1. The van der Waals surface area contributed by atoms with Crippen LogP contribution in [0.3, 0.4) is 0 Å². The summed E-state index contributed by atoms with van der Waals surface area (Å²) >= 11 is 0. The van der Waals surface area contributed by atoms with E-state index in [1.165, 1.54) is 19.2 Å². The number of nitrogens with zero attached hydrogens (tertiary/aromatic N) is 2. The van der Waals surface area contributed by atoms with Gasteiger partial charge in [0.05, 0.1) is 31.0 Å². The van der Waals surface area contributed by atoms with E-state index in [2.05, 4.69) is 11.4 Å². The van der Waals surface area contributed by atoms with Gasteiger partial charge in [-0.15, -0.1) is 0 Å². The molecule has 8 heteroatoms. The van der Waals surface area contributed by atoms with Crippen LogP contribution in [0.4, 0.5) is 5.69 Å². The lowest BCUT2D eigenvalue weighted by molar-refractivity contribution is -0.116. The quantitative estimate of drug-likeness (QED) is 0.538. The van der Waals surface area contributed by atoms with Crippen LogP contribution in [0, 0.1) is 11.3 Å². The number of rotatable bonds is 9. The van der Waals surface area contributed by atoms with Gasteiger partial charge in [0, 0.05) is 12.2 Å². The average Bonchev–Trinajstić information content (AvgIpc) is 2.81. The molecule has 3 aromatic carbocycles. The maximum atomic E-state index is 13.3. The monoisotopic (exact) mass is 449 g/mol. The molecule has 0 heterocycles. The Morgan fingerprint density at radius 3 is 2.22 bits per heavy atom. The number of anilines is 1. The van der Waals surface area contributed by atoms with Gasteiger partial charge in [0.1, 0.15) is 5.75 Å². The van der Waals surface area contributed by atoms with E-state index in [9.17, 15) is 13.2 Å². The Morgan fingerprint density at radius 1 is 0.969 bits per heavy atom. The molecular weight excluding hydrogens is 426 g/mol. The summed E-state index contributed by atoms with van der Waals surface area (Å²) in [5.41, 5.74) is 2.12. The molecule has 0 saturated heterocycles. The van der Waals surface area contributed by atoms with Gasteiger partial charge < -0.3 is 10.1 Å². The molecule has 0 aliphatic rings. The van der Waals surface area contributed by atoms with Crippen LogP contribution in [-0.4, -0.2) is 32.3 Å². The minimum absolute atomic E-state index is 0.0454. The van der Waals surface area contributed by atoms with Crippen molar-refractivity contribution in [2.45, 2.75) is 17.9 Å². The molecule has 3 rings (SSSR count). The van der Waals surface area contributed by atoms with Gasteiger partial charge in [-0.2, -0.15) is 9.57 Å². The Kier molecular flexibility index (Phi) is 7.60. The first-order valence-corrected chi connectivity index (χ1v) is 11.3. The number of carbonyl (C=O) groups is 1. The predicted octanol–water partition coefficient (Wildman–Crippen LogP) is 3.59. The molecule has 0 saturated carbocycles. The first-order chi connectivity index (χ1) is 15.4. The van der Waals surface area contributed by atoms with E-state index in [4.69, 9.17) is 10.00 Å². The van der Waals surface area contributed by atoms with Crippen molar-refractivity contribution in [3.05, 3.63) is 90.0 Å². The fourth-order valence-corrected chi connectivity index (χ4v) is 4.45. The topological polar surface area (TPSA) is 99.5 Å². The first kappa shape index (κ1) is 23.0. The maximum Gasteiger partial charge on any atom is 0.243 e. The summed E-state index contributed by atoms with van der Waals surface area (Å²) in [7, 11) is -2.44. The van der Waals surface area contributed by atoms with Crippen molar-refractivity contribution in [1.29, 1.82) is 5.26 Å². The van der Waals surface area contributed by atoms with Crippen molar-refractivity contribution in [3.8, 4) is 11.8 Å². The summed E-state index contributed by atoms with van der Waals surface area (Å²) in [4.78, 5) is 12.8. The highest BCUT2D eigenvalue weighted by molar-refractivity contribution is 7.89. The molecule has 164 valence electrons. The minimum Gasteiger partial charge on any atom is -0.497 e. The number of hydrogen-bond donors (Lipinski definition) is 1. The van der Waals surface area contributed by atoms with E-state index in [1.807, 2.05) is 30.3 Å².